The van der Waals surface area contributed by atoms with E-state index in [1.54, 1.807) is 43.4 Å². The second kappa shape index (κ2) is 5.67. The van der Waals surface area contributed by atoms with Crippen molar-refractivity contribution < 1.29 is 19.2 Å². The molecule has 0 aromatic heterocycles. The first-order chi connectivity index (χ1) is 7.08. The molecule has 0 aliphatic heterocycles. The molecule has 1 atom stereocenters. The summed E-state index contributed by atoms with van der Waals surface area (Å²) in [5.41, 5.74) is 1.53. The van der Waals surface area contributed by atoms with Crippen molar-refractivity contribution in [1.29, 1.82) is 0 Å². The van der Waals surface area contributed by atoms with E-state index in [1.165, 1.54) is 14.0 Å². The molecular formula is C9H17IN2O4. The predicted molar refractivity (Wildman–Crippen MR) is 66.9 cm³/mol. The van der Waals surface area contributed by atoms with Gasteiger partial charge in [-0.15, -0.1) is 0 Å². The van der Waals surface area contributed by atoms with E-state index in [1.807, 2.05) is 0 Å². The molecule has 0 aliphatic carbocycles. The van der Waals surface area contributed by atoms with Crippen LogP contribution in [0.25, 0.3) is 0 Å². The largest absolute Gasteiger partial charge is 0.444 e. The molecule has 0 heterocycles. The van der Waals surface area contributed by atoms with Gasteiger partial charge in [0.2, 0.25) is 0 Å². The van der Waals surface area contributed by atoms with Gasteiger partial charge in [-0.25, -0.2) is 10.3 Å². The number of carbonyl (C=O) groups excluding carboxylic acids is 2. The van der Waals surface area contributed by atoms with E-state index >= 15 is 0 Å². The van der Waals surface area contributed by atoms with Crippen LogP contribution in [0.2, 0.25) is 0 Å². The molecular weight excluding hydrogens is 327 g/mol. The molecule has 0 aromatic rings. The Balaban J connectivity index is 4.36. The van der Waals surface area contributed by atoms with Crippen LogP contribution in [0, 0.1) is 0 Å². The molecule has 6 nitrogen and oxygen atoms in total. The van der Waals surface area contributed by atoms with E-state index in [4.69, 9.17) is 4.74 Å². The molecule has 0 aliphatic rings. The zero-order chi connectivity index (χ0) is 13.0. The second-order valence-corrected chi connectivity index (χ2v) is 6.42. The first-order valence-electron chi connectivity index (χ1n) is 4.62. The Kier molecular flexibility index (Phi) is 5.47. The first-order valence-corrected chi connectivity index (χ1v) is 5.70. The molecule has 16 heavy (non-hydrogen) atoms. The lowest BCUT2D eigenvalue weighted by Gasteiger charge is -2.25. The van der Waals surface area contributed by atoms with Crippen LogP contribution < -0.4 is 10.8 Å². The van der Waals surface area contributed by atoms with E-state index in [-0.39, 0.29) is 0 Å². The third-order valence-electron chi connectivity index (χ3n) is 1.36. The Hall–Kier alpha value is -0.570. The molecule has 0 bridgehead atoms. The monoisotopic (exact) mass is 344 g/mol. The smallest absolute Gasteiger partial charge is 0.409 e. The van der Waals surface area contributed by atoms with Crippen molar-refractivity contribution in [1.82, 2.24) is 10.8 Å². The fourth-order valence-electron chi connectivity index (χ4n) is 0.741. The summed E-state index contributed by atoms with van der Waals surface area (Å²) in [5, 5.41) is 2.43. The van der Waals surface area contributed by atoms with Gasteiger partial charge in [-0.2, -0.15) is 0 Å². The minimum absolute atomic E-state index is 0.471. The molecule has 2 N–H and O–H groups in total. The lowest BCUT2D eigenvalue weighted by atomic mass is 10.2. The van der Waals surface area contributed by atoms with Crippen molar-refractivity contribution >= 4 is 34.6 Å². The Bertz CT molecular complexity index is 273. The number of alkyl carbamates (subject to hydrolysis) is 1. The molecule has 0 aromatic carbocycles. The van der Waals surface area contributed by atoms with Gasteiger partial charge in [0, 0.05) is 0 Å². The van der Waals surface area contributed by atoms with Gasteiger partial charge in [0.05, 0.1) is 7.11 Å². The molecule has 0 saturated carbocycles. The van der Waals surface area contributed by atoms with Crippen molar-refractivity contribution in [3.63, 3.8) is 0 Å². The summed E-state index contributed by atoms with van der Waals surface area (Å²) in [6.45, 7) is 6.76. The Morgan fingerprint density at radius 2 is 1.69 bits per heavy atom. The molecule has 0 rings (SSSR count). The van der Waals surface area contributed by atoms with Crippen LogP contribution >= 0.6 is 22.6 Å². The zero-order valence-corrected chi connectivity index (χ0v) is 12.2. The number of hydroxylamine groups is 1. The van der Waals surface area contributed by atoms with E-state index in [2.05, 4.69) is 15.6 Å². The van der Waals surface area contributed by atoms with Crippen molar-refractivity contribution in [3.05, 3.63) is 0 Å². The van der Waals surface area contributed by atoms with Crippen LogP contribution in [0.1, 0.15) is 27.7 Å². The minimum atomic E-state index is -1.13. The number of alkyl halides is 1. The SMILES string of the molecule is CONC(=O)[C@@](C)(I)NC(=O)OC(C)(C)C. The van der Waals surface area contributed by atoms with Gasteiger partial charge in [0.15, 0.2) is 3.55 Å². The van der Waals surface area contributed by atoms with Crippen molar-refractivity contribution in [2.45, 2.75) is 36.8 Å². The molecule has 0 fully saturated rings. The number of ether oxygens (including phenoxy) is 1. The summed E-state index contributed by atoms with van der Waals surface area (Å²) < 4.78 is 3.90. The molecule has 0 spiro atoms. The van der Waals surface area contributed by atoms with Gasteiger partial charge in [-0.1, -0.05) is 0 Å². The van der Waals surface area contributed by atoms with Gasteiger partial charge in [-0.05, 0) is 50.3 Å². The number of hydrogen-bond acceptors (Lipinski definition) is 4. The number of carbonyl (C=O) groups is 2. The minimum Gasteiger partial charge on any atom is -0.444 e. The highest BCUT2D eigenvalue weighted by molar-refractivity contribution is 14.1. The highest BCUT2D eigenvalue weighted by Crippen LogP contribution is 2.16. The maximum atomic E-state index is 11.5. The predicted octanol–water partition coefficient (Wildman–Crippen LogP) is 1.34. The zero-order valence-electron chi connectivity index (χ0n) is 10.0. The number of amides is 2. The Morgan fingerprint density at radius 1 is 1.19 bits per heavy atom. The lowest BCUT2D eigenvalue weighted by Crippen LogP contribution is -2.53. The Morgan fingerprint density at radius 3 is 2.06 bits per heavy atom. The lowest BCUT2D eigenvalue weighted by molar-refractivity contribution is -0.133. The molecule has 0 unspecified atom stereocenters. The van der Waals surface area contributed by atoms with Crippen LogP contribution in [0.3, 0.4) is 0 Å². The average Bonchev–Trinajstić information content (AvgIpc) is 1.99. The molecule has 0 radical (unpaired) electrons. The van der Waals surface area contributed by atoms with Crippen molar-refractivity contribution in [2.24, 2.45) is 0 Å². The maximum Gasteiger partial charge on any atom is 0.409 e. The van der Waals surface area contributed by atoms with Crippen molar-refractivity contribution in [3.8, 4) is 0 Å². The number of hydrogen-bond donors (Lipinski definition) is 2. The quantitative estimate of drug-likeness (QED) is 0.351. The van der Waals surface area contributed by atoms with Gasteiger partial charge in [0.25, 0.3) is 5.91 Å². The van der Waals surface area contributed by atoms with Crippen LogP contribution in [0.5, 0.6) is 0 Å². The summed E-state index contributed by atoms with van der Waals surface area (Å²) in [6, 6.07) is 0. The molecule has 94 valence electrons. The summed E-state index contributed by atoms with van der Waals surface area (Å²) >= 11 is 1.79. The third kappa shape index (κ3) is 6.11. The van der Waals surface area contributed by atoms with E-state index < -0.39 is 21.1 Å². The highest BCUT2D eigenvalue weighted by atomic mass is 127. The second-order valence-electron chi connectivity index (χ2n) is 4.27. The maximum absolute atomic E-state index is 11.5. The third-order valence-corrected chi connectivity index (χ3v) is 2.12. The van der Waals surface area contributed by atoms with Gasteiger partial charge < -0.3 is 4.74 Å². The molecule has 2 amide bonds. The fourth-order valence-corrected chi connectivity index (χ4v) is 1.07. The average molecular weight is 344 g/mol. The Labute approximate surface area is 109 Å². The van der Waals surface area contributed by atoms with Gasteiger partial charge >= 0.3 is 6.09 Å². The van der Waals surface area contributed by atoms with Crippen molar-refractivity contribution in [2.75, 3.05) is 7.11 Å². The number of rotatable bonds is 3. The molecule has 7 heteroatoms. The number of nitrogens with one attached hydrogen (secondary N) is 2. The van der Waals surface area contributed by atoms with Gasteiger partial charge in [-0.3, -0.25) is 14.9 Å². The molecule has 0 saturated heterocycles. The highest BCUT2D eigenvalue weighted by Gasteiger charge is 2.33. The standard InChI is InChI=1S/C9H17IN2O4/c1-8(2,3)16-7(14)11-9(4,10)6(13)12-15-5/h1-5H3,(H,11,14)(H,12,13)/t9-/m0/s1. The van der Waals surface area contributed by atoms with Crippen LogP contribution in [-0.2, 0) is 14.4 Å². The summed E-state index contributed by atoms with van der Waals surface area (Å²) in [4.78, 5) is 27.4. The van der Waals surface area contributed by atoms with E-state index in [9.17, 15) is 9.59 Å². The fraction of sp³-hybridized carbons (Fsp3) is 0.778. The van der Waals surface area contributed by atoms with Crippen LogP contribution in [0.15, 0.2) is 0 Å². The normalized spacial score (nSPS) is 14.9. The summed E-state index contributed by atoms with van der Waals surface area (Å²) in [6.07, 6.45) is -0.657. The summed E-state index contributed by atoms with van der Waals surface area (Å²) in [7, 11) is 1.32. The number of halogens is 1. The van der Waals surface area contributed by atoms with Gasteiger partial charge in [0.1, 0.15) is 5.60 Å². The van der Waals surface area contributed by atoms with E-state index in [0.29, 0.717) is 0 Å². The summed E-state index contributed by atoms with van der Waals surface area (Å²) in [5.74, 6) is -0.471. The van der Waals surface area contributed by atoms with Crippen LogP contribution in [-0.4, -0.2) is 28.3 Å². The van der Waals surface area contributed by atoms with E-state index in [0.717, 1.165) is 0 Å². The first kappa shape index (κ1) is 15.4. The van der Waals surface area contributed by atoms with Crippen LogP contribution in [0.4, 0.5) is 4.79 Å². The topological polar surface area (TPSA) is 76.7 Å².